The van der Waals surface area contributed by atoms with Crippen molar-refractivity contribution in [1.29, 1.82) is 0 Å². The van der Waals surface area contributed by atoms with E-state index in [9.17, 15) is 14.7 Å². The summed E-state index contributed by atoms with van der Waals surface area (Å²) in [5.74, 6) is 0.0679. The monoisotopic (exact) mass is 558 g/mol. The fourth-order valence-corrected chi connectivity index (χ4v) is 4.10. The fourth-order valence-electron chi connectivity index (χ4n) is 4.10. The molecule has 0 saturated heterocycles. The van der Waals surface area contributed by atoms with Gasteiger partial charge in [-0.05, 0) is 49.1 Å². The molecule has 0 aliphatic rings. The van der Waals surface area contributed by atoms with Crippen LogP contribution >= 0.6 is 12.4 Å². The van der Waals surface area contributed by atoms with Crippen LogP contribution in [-0.2, 0) is 9.53 Å². The number of halogens is 1. The van der Waals surface area contributed by atoms with Crippen molar-refractivity contribution in [3.8, 4) is 5.88 Å². The van der Waals surface area contributed by atoms with Gasteiger partial charge in [-0.25, -0.2) is 4.98 Å². The number of ether oxygens (including phenoxy) is 2. The van der Waals surface area contributed by atoms with Gasteiger partial charge in [0.2, 0.25) is 11.8 Å². The van der Waals surface area contributed by atoms with E-state index in [4.69, 9.17) is 15.2 Å². The van der Waals surface area contributed by atoms with Crippen LogP contribution in [0.15, 0.2) is 18.3 Å². The quantitative estimate of drug-likeness (QED) is 0.190. The minimum atomic E-state index is -0.813. The molecule has 1 aromatic heterocycles. The predicted octanol–water partition coefficient (Wildman–Crippen LogP) is 3.58. The number of rotatable bonds is 19. The summed E-state index contributed by atoms with van der Waals surface area (Å²) >= 11 is 0. The van der Waals surface area contributed by atoms with Crippen LogP contribution in [0, 0.1) is 23.7 Å². The Bertz CT molecular complexity index is 796. The van der Waals surface area contributed by atoms with Crippen LogP contribution in [-0.4, -0.2) is 67.5 Å². The number of nitrogens with one attached hydrogen (secondary N) is 2. The van der Waals surface area contributed by atoms with Gasteiger partial charge in [-0.2, -0.15) is 0 Å². The zero-order valence-corrected chi connectivity index (χ0v) is 24.9. The van der Waals surface area contributed by atoms with Crippen molar-refractivity contribution in [1.82, 2.24) is 15.6 Å². The van der Waals surface area contributed by atoms with Gasteiger partial charge in [0.25, 0.3) is 5.91 Å². The molecule has 0 saturated carbocycles. The SMILES string of the molecule is CCCCNC(=O)C(CC(O)C(N)CC(CNC(=O)c1cccnc1OCCCOC)C(C)C)C(C)C.Cl. The molecule has 0 spiro atoms. The number of aliphatic hydroxyl groups is 1. The molecular formula is C28H51ClN4O5. The van der Waals surface area contributed by atoms with Crippen LogP contribution < -0.4 is 21.1 Å². The summed E-state index contributed by atoms with van der Waals surface area (Å²) < 4.78 is 10.7. The minimum absolute atomic E-state index is 0. The summed E-state index contributed by atoms with van der Waals surface area (Å²) in [4.78, 5) is 29.8. The van der Waals surface area contributed by atoms with Crippen LogP contribution in [0.1, 0.15) is 77.1 Å². The first-order valence-corrected chi connectivity index (χ1v) is 13.7. The molecule has 0 aromatic carbocycles. The van der Waals surface area contributed by atoms with Crippen molar-refractivity contribution in [2.45, 2.75) is 78.9 Å². The van der Waals surface area contributed by atoms with Crippen molar-refractivity contribution >= 4 is 24.2 Å². The molecule has 10 heteroatoms. The van der Waals surface area contributed by atoms with Gasteiger partial charge in [0.15, 0.2) is 0 Å². The number of hydrogen-bond acceptors (Lipinski definition) is 7. The van der Waals surface area contributed by atoms with Crippen molar-refractivity contribution in [2.75, 3.05) is 33.4 Å². The molecule has 1 aromatic rings. The summed E-state index contributed by atoms with van der Waals surface area (Å²) in [6.07, 6.45) is 4.25. The van der Waals surface area contributed by atoms with Gasteiger partial charge in [0.1, 0.15) is 5.56 Å². The number of hydrogen-bond donors (Lipinski definition) is 4. The highest BCUT2D eigenvalue weighted by molar-refractivity contribution is 5.96. The fraction of sp³-hybridized carbons (Fsp3) is 0.750. The van der Waals surface area contributed by atoms with Crippen LogP contribution in [0.5, 0.6) is 5.88 Å². The molecule has 220 valence electrons. The van der Waals surface area contributed by atoms with Crippen LogP contribution in [0.2, 0.25) is 0 Å². The number of nitrogens with two attached hydrogens (primary N) is 1. The second-order valence-electron chi connectivity index (χ2n) is 10.5. The number of unbranched alkanes of at least 4 members (excludes halogenated alkanes) is 1. The van der Waals surface area contributed by atoms with E-state index in [-0.39, 0.29) is 47.9 Å². The Labute approximate surface area is 235 Å². The Morgan fingerprint density at radius 3 is 2.39 bits per heavy atom. The number of aliphatic hydroxyl groups excluding tert-OH is 1. The number of carbonyl (C=O) groups excluding carboxylic acids is 2. The Morgan fingerprint density at radius 1 is 1.08 bits per heavy atom. The maximum atomic E-state index is 12.9. The summed E-state index contributed by atoms with van der Waals surface area (Å²) in [6.45, 7) is 12.2. The van der Waals surface area contributed by atoms with Crippen LogP contribution in [0.25, 0.3) is 0 Å². The molecule has 1 rings (SSSR count). The average Bonchev–Trinajstić information content (AvgIpc) is 2.87. The highest BCUT2D eigenvalue weighted by atomic mass is 35.5. The lowest BCUT2D eigenvalue weighted by molar-refractivity contribution is -0.127. The average molecular weight is 559 g/mol. The summed E-state index contributed by atoms with van der Waals surface area (Å²) in [5.41, 5.74) is 6.79. The van der Waals surface area contributed by atoms with Gasteiger partial charge in [0, 0.05) is 51.4 Å². The first kappa shape index (κ1) is 36.1. The smallest absolute Gasteiger partial charge is 0.256 e. The van der Waals surface area contributed by atoms with E-state index in [1.165, 1.54) is 0 Å². The highest BCUT2D eigenvalue weighted by Gasteiger charge is 2.29. The van der Waals surface area contributed by atoms with Crippen molar-refractivity contribution in [3.63, 3.8) is 0 Å². The second-order valence-corrected chi connectivity index (χ2v) is 10.5. The number of amides is 2. The van der Waals surface area contributed by atoms with Crippen LogP contribution in [0.3, 0.4) is 0 Å². The third kappa shape index (κ3) is 13.2. The maximum Gasteiger partial charge on any atom is 0.256 e. The molecular weight excluding hydrogens is 508 g/mol. The Kier molecular flexibility index (Phi) is 19.0. The Hall–Kier alpha value is -1.94. The van der Waals surface area contributed by atoms with Gasteiger partial charge >= 0.3 is 0 Å². The van der Waals surface area contributed by atoms with E-state index in [0.717, 1.165) is 12.8 Å². The molecule has 38 heavy (non-hydrogen) atoms. The molecule has 0 aliphatic carbocycles. The van der Waals surface area contributed by atoms with Crippen LogP contribution in [0.4, 0.5) is 0 Å². The van der Waals surface area contributed by atoms with Gasteiger partial charge in [0.05, 0.1) is 12.7 Å². The summed E-state index contributed by atoms with van der Waals surface area (Å²) in [6, 6.07) is 2.88. The summed E-state index contributed by atoms with van der Waals surface area (Å²) in [5, 5.41) is 16.8. The number of pyridine rings is 1. The van der Waals surface area contributed by atoms with Crippen molar-refractivity contribution in [2.24, 2.45) is 29.4 Å². The molecule has 9 nitrogen and oxygen atoms in total. The second kappa shape index (κ2) is 20.0. The van der Waals surface area contributed by atoms with E-state index >= 15 is 0 Å². The molecule has 0 aliphatic heterocycles. The van der Waals surface area contributed by atoms with E-state index < -0.39 is 12.1 Å². The molecule has 0 fully saturated rings. The molecule has 0 bridgehead atoms. The number of carbonyl (C=O) groups is 2. The van der Waals surface area contributed by atoms with E-state index in [2.05, 4.69) is 36.4 Å². The number of methoxy groups -OCH3 is 1. The molecule has 0 radical (unpaired) electrons. The van der Waals surface area contributed by atoms with Gasteiger partial charge < -0.3 is 30.9 Å². The number of nitrogens with zero attached hydrogens (tertiary/aromatic N) is 1. The van der Waals surface area contributed by atoms with E-state index in [1.807, 2.05) is 13.8 Å². The zero-order valence-electron chi connectivity index (χ0n) is 24.1. The lowest BCUT2D eigenvalue weighted by atomic mass is 9.83. The third-order valence-corrected chi connectivity index (χ3v) is 6.75. The van der Waals surface area contributed by atoms with Gasteiger partial charge in [-0.3, -0.25) is 9.59 Å². The zero-order chi connectivity index (χ0) is 27.8. The van der Waals surface area contributed by atoms with Gasteiger partial charge in [-0.1, -0.05) is 41.0 Å². The summed E-state index contributed by atoms with van der Waals surface area (Å²) in [7, 11) is 1.63. The minimum Gasteiger partial charge on any atom is -0.477 e. The first-order valence-electron chi connectivity index (χ1n) is 13.7. The Balaban J connectivity index is 0.0000137. The third-order valence-electron chi connectivity index (χ3n) is 6.75. The standard InChI is InChI=1S/C28H50N4O5.ClH/c1-7-8-12-30-27(35)23(20(4)5)17-25(33)24(29)16-21(19(2)3)18-32-26(34)22-11-9-13-31-28(22)37-15-10-14-36-6;/h9,11,13,19-21,23-25,33H,7-8,10,12,14-18,29H2,1-6H3,(H,30,35)(H,32,34);1H. The molecule has 4 unspecified atom stereocenters. The maximum absolute atomic E-state index is 12.9. The van der Waals surface area contributed by atoms with E-state index in [0.29, 0.717) is 57.0 Å². The lowest BCUT2D eigenvalue weighted by Gasteiger charge is -2.30. The molecule has 2 amide bonds. The lowest BCUT2D eigenvalue weighted by Crippen LogP contribution is -2.44. The first-order chi connectivity index (χ1) is 17.6. The number of aromatic nitrogens is 1. The van der Waals surface area contributed by atoms with E-state index in [1.54, 1.807) is 25.4 Å². The predicted molar refractivity (Wildman–Crippen MR) is 154 cm³/mol. The topological polar surface area (TPSA) is 136 Å². The molecule has 4 atom stereocenters. The Morgan fingerprint density at radius 2 is 1.79 bits per heavy atom. The molecule has 1 heterocycles. The highest BCUT2D eigenvalue weighted by Crippen LogP contribution is 2.23. The van der Waals surface area contributed by atoms with Gasteiger partial charge in [-0.15, -0.1) is 12.4 Å². The normalized spacial score (nSPS) is 14.4. The molecule has 5 N–H and O–H groups in total. The van der Waals surface area contributed by atoms with Crippen molar-refractivity contribution < 1.29 is 24.2 Å². The van der Waals surface area contributed by atoms with Crippen molar-refractivity contribution in [3.05, 3.63) is 23.9 Å². The largest absolute Gasteiger partial charge is 0.477 e.